The maximum absolute atomic E-state index is 12.7. The maximum Gasteiger partial charge on any atom is 0.367 e. The molecule has 0 saturated carbocycles. The van der Waals surface area contributed by atoms with E-state index >= 15 is 0 Å². The van der Waals surface area contributed by atoms with Crippen LogP contribution in [0.4, 0.5) is 0 Å². The van der Waals surface area contributed by atoms with E-state index in [0.29, 0.717) is 34.0 Å². The average molecular weight is 344 g/mol. The van der Waals surface area contributed by atoms with Crippen molar-refractivity contribution in [2.75, 3.05) is 32.8 Å². The lowest BCUT2D eigenvalue weighted by Crippen LogP contribution is -2.37. The van der Waals surface area contributed by atoms with Gasteiger partial charge in [0.1, 0.15) is 5.52 Å². The number of aryl methyl sites for hydroxylation is 1. The molecule has 1 atom stereocenters. The van der Waals surface area contributed by atoms with E-state index in [-0.39, 0.29) is 0 Å². The lowest BCUT2D eigenvalue weighted by molar-refractivity contribution is -0.480. The number of ether oxygens (including phenoxy) is 1. The SMILES string of the molecule is CC1Cc2cc3c(cc2C1)[n+](=O)c(CCCN1CCOCC1)nn3[O-]. The van der Waals surface area contributed by atoms with E-state index in [2.05, 4.69) is 16.9 Å². The van der Waals surface area contributed by atoms with Crippen molar-refractivity contribution in [3.63, 3.8) is 0 Å². The van der Waals surface area contributed by atoms with Gasteiger partial charge in [0.25, 0.3) is 0 Å². The van der Waals surface area contributed by atoms with Gasteiger partial charge in [-0.05, 0) is 55.0 Å². The van der Waals surface area contributed by atoms with Gasteiger partial charge in [-0.15, -0.1) is 0 Å². The fourth-order valence-electron chi connectivity index (χ4n) is 3.96. The lowest BCUT2D eigenvalue weighted by atomic mass is 10.1. The molecule has 1 aromatic carbocycles. The molecule has 0 amide bonds. The van der Waals surface area contributed by atoms with Crippen molar-refractivity contribution in [1.29, 1.82) is 0 Å². The van der Waals surface area contributed by atoms with Crippen LogP contribution in [-0.4, -0.2) is 47.7 Å². The molecule has 0 bridgehead atoms. The Morgan fingerprint density at radius 1 is 1.28 bits per heavy atom. The minimum atomic E-state index is 0.307. The van der Waals surface area contributed by atoms with E-state index in [9.17, 15) is 10.1 Å². The molecule has 4 rings (SSSR count). The number of rotatable bonds is 4. The van der Waals surface area contributed by atoms with Crippen molar-refractivity contribution in [3.8, 4) is 0 Å². The highest BCUT2D eigenvalue weighted by Crippen LogP contribution is 2.29. The number of fused-ring (bicyclic) bond motifs is 2. The van der Waals surface area contributed by atoms with Crippen LogP contribution in [0.25, 0.3) is 11.0 Å². The van der Waals surface area contributed by atoms with Gasteiger partial charge in [-0.3, -0.25) is 4.90 Å². The molecular formula is C18H24N4O3. The zero-order valence-corrected chi connectivity index (χ0v) is 14.6. The number of morpholine rings is 1. The van der Waals surface area contributed by atoms with Crippen LogP contribution < -0.4 is 4.43 Å². The monoisotopic (exact) mass is 344 g/mol. The van der Waals surface area contributed by atoms with Crippen molar-refractivity contribution in [1.82, 2.24) is 14.8 Å². The first-order chi connectivity index (χ1) is 12.1. The third-order valence-corrected chi connectivity index (χ3v) is 5.28. The largest absolute Gasteiger partial charge is 0.772 e. The number of nitrogens with zero attached hydrogens (tertiary/aromatic N) is 4. The summed E-state index contributed by atoms with van der Waals surface area (Å²) in [6, 6.07) is 3.74. The Hall–Kier alpha value is -1.99. The summed E-state index contributed by atoms with van der Waals surface area (Å²) < 4.78 is 6.19. The topological polar surface area (TPSA) is 76.3 Å². The minimum Gasteiger partial charge on any atom is -0.772 e. The smallest absolute Gasteiger partial charge is 0.367 e. The van der Waals surface area contributed by atoms with Gasteiger partial charge in [-0.2, -0.15) is 4.85 Å². The van der Waals surface area contributed by atoms with Crippen LogP contribution in [0.1, 0.15) is 30.3 Å². The van der Waals surface area contributed by atoms with Crippen LogP contribution in [0.2, 0.25) is 0 Å². The summed E-state index contributed by atoms with van der Waals surface area (Å²) in [4.78, 5) is 15.7. The first-order valence-electron chi connectivity index (χ1n) is 9.09. The fraction of sp³-hybridized carbons (Fsp3) is 0.611. The Kier molecular flexibility index (Phi) is 4.43. The fourth-order valence-corrected chi connectivity index (χ4v) is 3.96. The van der Waals surface area contributed by atoms with Crippen molar-refractivity contribution in [2.45, 2.75) is 32.6 Å². The molecule has 1 saturated heterocycles. The highest BCUT2D eigenvalue weighted by Gasteiger charge is 2.23. The average Bonchev–Trinajstić information content (AvgIpc) is 2.98. The summed E-state index contributed by atoms with van der Waals surface area (Å²) >= 11 is 0. The molecule has 2 aliphatic rings. The Morgan fingerprint density at radius 2 is 2.00 bits per heavy atom. The third kappa shape index (κ3) is 3.26. The van der Waals surface area contributed by atoms with Crippen molar-refractivity contribution < 1.29 is 9.16 Å². The van der Waals surface area contributed by atoms with E-state index in [1.165, 1.54) is 11.1 Å². The molecule has 7 nitrogen and oxygen atoms in total. The number of hydrogen-bond donors (Lipinski definition) is 0. The second kappa shape index (κ2) is 6.72. The number of aromatic nitrogens is 3. The Morgan fingerprint density at radius 3 is 2.76 bits per heavy atom. The highest BCUT2D eigenvalue weighted by molar-refractivity contribution is 5.74. The van der Waals surface area contributed by atoms with Gasteiger partial charge in [0, 0.05) is 17.5 Å². The predicted octanol–water partition coefficient (Wildman–Crippen LogP) is 1.30. The summed E-state index contributed by atoms with van der Waals surface area (Å²) in [5.74, 6) is 0.870. The van der Waals surface area contributed by atoms with Crippen LogP contribution >= 0.6 is 0 Å². The minimum absolute atomic E-state index is 0.307. The Labute approximate surface area is 146 Å². The van der Waals surface area contributed by atoms with Gasteiger partial charge < -0.3 is 9.94 Å². The quantitative estimate of drug-likeness (QED) is 0.782. The summed E-state index contributed by atoms with van der Waals surface area (Å²) in [7, 11) is 0. The molecule has 1 aliphatic heterocycles. The van der Waals surface area contributed by atoms with Crippen molar-refractivity contribution >= 4 is 11.0 Å². The van der Waals surface area contributed by atoms with Gasteiger partial charge in [-0.1, -0.05) is 11.8 Å². The van der Waals surface area contributed by atoms with Crippen LogP contribution in [0, 0.1) is 16.0 Å². The standard InChI is InChI=1S/C18H24N4O3/c1-13-9-14-11-16-17(12-15(14)10-13)22(24)19-18(21(16)23)3-2-4-20-5-7-25-8-6-20/h11-13H,2-10H2,1H3. The van der Waals surface area contributed by atoms with Crippen LogP contribution in [-0.2, 0) is 24.0 Å². The molecule has 0 radical (unpaired) electrons. The second-order valence-electron chi connectivity index (χ2n) is 7.26. The zero-order valence-electron chi connectivity index (χ0n) is 14.6. The third-order valence-electron chi connectivity index (χ3n) is 5.28. The Bertz CT molecular complexity index is 842. The molecule has 0 spiro atoms. The molecule has 2 aromatic rings. The van der Waals surface area contributed by atoms with Crippen LogP contribution in [0.15, 0.2) is 12.1 Å². The van der Waals surface area contributed by atoms with Crippen LogP contribution in [0.5, 0.6) is 0 Å². The van der Waals surface area contributed by atoms with Gasteiger partial charge >= 0.3 is 5.82 Å². The van der Waals surface area contributed by atoms with Gasteiger partial charge in [0.15, 0.2) is 0 Å². The number of hydrogen-bond acceptors (Lipinski definition) is 5. The highest BCUT2D eigenvalue weighted by atomic mass is 16.5. The van der Waals surface area contributed by atoms with Crippen LogP contribution in [0.3, 0.4) is 0 Å². The van der Waals surface area contributed by atoms with Gasteiger partial charge in [-0.25, -0.2) is 0 Å². The van der Waals surface area contributed by atoms with E-state index in [1.807, 2.05) is 12.1 Å². The first-order valence-corrected chi connectivity index (χ1v) is 9.09. The molecule has 1 fully saturated rings. The predicted molar refractivity (Wildman–Crippen MR) is 94.0 cm³/mol. The molecule has 1 aromatic heterocycles. The summed E-state index contributed by atoms with van der Waals surface area (Å²) in [6.45, 7) is 6.46. The van der Waals surface area contributed by atoms with E-state index in [1.54, 1.807) is 0 Å². The van der Waals surface area contributed by atoms with E-state index in [0.717, 1.165) is 56.5 Å². The molecular weight excluding hydrogens is 320 g/mol. The second-order valence-corrected chi connectivity index (χ2v) is 7.26. The molecule has 0 N–H and O–H groups in total. The molecule has 134 valence electrons. The molecule has 25 heavy (non-hydrogen) atoms. The normalized spacial score (nSPS) is 20.9. The van der Waals surface area contributed by atoms with E-state index < -0.39 is 0 Å². The van der Waals surface area contributed by atoms with Crippen molar-refractivity contribution in [3.05, 3.63) is 39.2 Å². The van der Waals surface area contributed by atoms with Gasteiger partial charge in [0.2, 0.25) is 5.52 Å². The first kappa shape index (κ1) is 16.5. The Balaban J connectivity index is 1.56. The molecule has 1 aliphatic carbocycles. The summed E-state index contributed by atoms with van der Waals surface area (Å²) in [5, 5.41) is 16.3. The number of benzene rings is 1. The zero-order chi connectivity index (χ0) is 17.4. The summed E-state index contributed by atoms with van der Waals surface area (Å²) in [6.07, 6.45) is 3.25. The molecule has 2 heterocycles. The van der Waals surface area contributed by atoms with Gasteiger partial charge in [0.05, 0.1) is 24.7 Å². The maximum atomic E-state index is 12.7. The summed E-state index contributed by atoms with van der Waals surface area (Å²) in [5.41, 5.74) is 3.18. The molecule has 1 unspecified atom stereocenters. The van der Waals surface area contributed by atoms with E-state index in [4.69, 9.17) is 4.74 Å². The molecule has 7 heteroatoms. The van der Waals surface area contributed by atoms with Crippen molar-refractivity contribution in [2.24, 2.45) is 5.92 Å². The lowest BCUT2D eigenvalue weighted by Gasteiger charge is -2.26.